The third kappa shape index (κ3) is 1.87. The Balaban J connectivity index is 0.000001000. The first-order chi connectivity index (χ1) is 8.33. The van der Waals surface area contributed by atoms with E-state index < -0.39 is 0 Å². The van der Waals surface area contributed by atoms with Crippen LogP contribution in [0.15, 0.2) is 0 Å². The Kier molecular flexibility index (Phi) is 3.51. The van der Waals surface area contributed by atoms with E-state index >= 15 is 0 Å². The van der Waals surface area contributed by atoms with Gasteiger partial charge in [0, 0.05) is 36.6 Å². The molecule has 0 aromatic rings. The first-order valence-corrected chi connectivity index (χ1v) is 7.74. The Hall–Kier alpha value is 0.0300. The molecule has 0 aliphatic carbocycles. The maximum absolute atomic E-state index is 12.3. The summed E-state index contributed by atoms with van der Waals surface area (Å²) >= 11 is 1.82. The van der Waals surface area contributed by atoms with Crippen molar-refractivity contribution in [2.45, 2.75) is 31.1 Å². The molecule has 0 spiro atoms. The van der Waals surface area contributed by atoms with Crippen molar-refractivity contribution in [1.29, 1.82) is 0 Å². The summed E-state index contributed by atoms with van der Waals surface area (Å²) < 4.78 is 5.94. The fourth-order valence-corrected chi connectivity index (χ4v) is 4.85. The number of thioether (sulfide) groups is 1. The van der Waals surface area contributed by atoms with Crippen molar-refractivity contribution in [3.8, 4) is 0 Å². The van der Waals surface area contributed by atoms with Crippen LogP contribution in [0.3, 0.4) is 0 Å². The quantitative estimate of drug-likeness (QED) is 0.772. The largest absolute Gasteiger partial charge is 0.374 e. The lowest BCUT2D eigenvalue weighted by Gasteiger charge is -2.22. The Morgan fingerprint density at radius 1 is 1.22 bits per heavy atom. The molecule has 0 aromatic heterocycles. The predicted molar refractivity (Wildman–Crippen MR) is 73.0 cm³/mol. The van der Waals surface area contributed by atoms with Gasteiger partial charge in [0.25, 0.3) is 0 Å². The zero-order valence-electron chi connectivity index (χ0n) is 10.2. The standard InChI is InChI=1S/C12H18N2O2S.ClH/c15-12(9-5-17-6-13-9)14-3-7-8(4-14)11-2-1-10(7)16-11;/h7-11,13H,1-6H2;1H. The van der Waals surface area contributed by atoms with Crippen LogP contribution in [0.5, 0.6) is 0 Å². The number of fused-ring (bicyclic) bond motifs is 5. The predicted octanol–water partition coefficient (Wildman–Crippen LogP) is 0.706. The van der Waals surface area contributed by atoms with Crippen molar-refractivity contribution in [3.05, 3.63) is 0 Å². The number of nitrogens with one attached hydrogen (secondary N) is 1. The monoisotopic (exact) mass is 290 g/mol. The smallest absolute Gasteiger partial charge is 0.240 e. The summed E-state index contributed by atoms with van der Waals surface area (Å²) in [4.78, 5) is 14.4. The number of halogens is 1. The normalized spacial score (nSPS) is 45.1. The Morgan fingerprint density at radius 2 is 1.89 bits per heavy atom. The molecule has 1 amide bonds. The first kappa shape index (κ1) is 13.0. The van der Waals surface area contributed by atoms with E-state index in [-0.39, 0.29) is 18.4 Å². The zero-order valence-corrected chi connectivity index (χ0v) is 11.8. The molecule has 5 unspecified atom stereocenters. The average Bonchev–Trinajstić information content (AvgIpc) is 3.10. The highest BCUT2D eigenvalue weighted by Gasteiger charge is 2.54. The average molecular weight is 291 g/mol. The molecule has 4 saturated heterocycles. The van der Waals surface area contributed by atoms with Crippen LogP contribution >= 0.6 is 24.2 Å². The molecule has 18 heavy (non-hydrogen) atoms. The number of carbonyl (C=O) groups excluding carboxylic acids is 1. The molecule has 0 saturated carbocycles. The fourth-order valence-electron chi connectivity index (χ4n) is 3.91. The van der Waals surface area contributed by atoms with Crippen molar-refractivity contribution >= 4 is 30.1 Å². The lowest BCUT2D eigenvalue weighted by Crippen LogP contribution is -2.44. The number of likely N-dealkylation sites (tertiary alicyclic amines) is 1. The summed E-state index contributed by atoms with van der Waals surface area (Å²) in [6.07, 6.45) is 3.33. The molecule has 4 fully saturated rings. The SMILES string of the molecule is Cl.O=C(C1CSCN1)N1CC2C3CCC(O3)C2C1. The molecule has 4 heterocycles. The van der Waals surface area contributed by atoms with Crippen LogP contribution in [0.4, 0.5) is 0 Å². The summed E-state index contributed by atoms with van der Waals surface area (Å²) in [6, 6.07) is 0.0670. The number of carbonyl (C=O) groups is 1. The van der Waals surface area contributed by atoms with Gasteiger partial charge in [0.2, 0.25) is 5.91 Å². The van der Waals surface area contributed by atoms with Gasteiger partial charge in [-0.3, -0.25) is 10.1 Å². The summed E-state index contributed by atoms with van der Waals surface area (Å²) in [6.45, 7) is 1.88. The first-order valence-electron chi connectivity index (χ1n) is 6.58. The van der Waals surface area contributed by atoms with Crippen LogP contribution in [0.1, 0.15) is 12.8 Å². The van der Waals surface area contributed by atoms with Gasteiger partial charge in [-0.15, -0.1) is 24.2 Å². The second kappa shape index (κ2) is 4.85. The van der Waals surface area contributed by atoms with E-state index in [0.717, 1.165) is 24.7 Å². The van der Waals surface area contributed by atoms with E-state index in [2.05, 4.69) is 10.2 Å². The molecule has 2 bridgehead atoms. The van der Waals surface area contributed by atoms with Crippen LogP contribution in [-0.2, 0) is 9.53 Å². The van der Waals surface area contributed by atoms with E-state index in [1.54, 1.807) is 0 Å². The van der Waals surface area contributed by atoms with Crippen molar-refractivity contribution in [2.75, 3.05) is 24.7 Å². The number of hydrogen-bond acceptors (Lipinski definition) is 4. The van der Waals surface area contributed by atoms with E-state index in [1.807, 2.05) is 11.8 Å². The minimum absolute atomic E-state index is 0. The molecule has 5 atom stereocenters. The minimum Gasteiger partial charge on any atom is -0.374 e. The third-order valence-corrected chi connectivity index (χ3v) is 5.72. The van der Waals surface area contributed by atoms with Crippen LogP contribution < -0.4 is 5.32 Å². The minimum atomic E-state index is 0. The number of ether oxygens (including phenoxy) is 1. The van der Waals surface area contributed by atoms with Gasteiger partial charge in [0.15, 0.2) is 0 Å². The lowest BCUT2D eigenvalue weighted by molar-refractivity contribution is -0.132. The van der Waals surface area contributed by atoms with Crippen LogP contribution in [0.25, 0.3) is 0 Å². The summed E-state index contributed by atoms with van der Waals surface area (Å²) in [7, 11) is 0. The van der Waals surface area contributed by atoms with Gasteiger partial charge in [0.05, 0.1) is 18.2 Å². The van der Waals surface area contributed by atoms with Gasteiger partial charge in [-0.1, -0.05) is 0 Å². The number of nitrogens with zero attached hydrogens (tertiary/aromatic N) is 1. The van der Waals surface area contributed by atoms with Crippen LogP contribution in [0, 0.1) is 11.8 Å². The Labute approximate surface area is 118 Å². The third-order valence-electron chi connectivity index (χ3n) is 4.78. The van der Waals surface area contributed by atoms with Crippen molar-refractivity contribution < 1.29 is 9.53 Å². The molecule has 1 N–H and O–H groups in total. The molecule has 4 aliphatic rings. The van der Waals surface area contributed by atoms with Gasteiger partial charge < -0.3 is 9.64 Å². The van der Waals surface area contributed by atoms with Crippen LogP contribution in [-0.4, -0.2) is 53.8 Å². The zero-order chi connectivity index (χ0) is 11.4. The van der Waals surface area contributed by atoms with Gasteiger partial charge in [-0.05, 0) is 12.8 Å². The molecule has 6 heteroatoms. The topological polar surface area (TPSA) is 41.6 Å². The van der Waals surface area contributed by atoms with Crippen molar-refractivity contribution in [2.24, 2.45) is 11.8 Å². The highest BCUT2D eigenvalue weighted by atomic mass is 35.5. The van der Waals surface area contributed by atoms with Crippen molar-refractivity contribution in [1.82, 2.24) is 10.2 Å². The summed E-state index contributed by atoms with van der Waals surface area (Å²) in [5.41, 5.74) is 0. The number of amides is 1. The van der Waals surface area contributed by atoms with E-state index in [0.29, 0.717) is 30.0 Å². The molecule has 4 aliphatic heterocycles. The second-order valence-corrected chi connectivity index (χ2v) is 6.66. The molecular weight excluding hydrogens is 272 g/mol. The fraction of sp³-hybridized carbons (Fsp3) is 0.917. The Morgan fingerprint density at radius 3 is 2.44 bits per heavy atom. The molecule has 0 aromatic carbocycles. The molecule has 4 rings (SSSR count). The van der Waals surface area contributed by atoms with Crippen LogP contribution in [0.2, 0.25) is 0 Å². The van der Waals surface area contributed by atoms with Gasteiger partial charge in [0.1, 0.15) is 0 Å². The summed E-state index contributed by atoms with van der Waals surface area (Å²) in [5, 5.41) is 3.28. The highest BCUT2D eigenvalue weighted by Crippen LogP contribution is 2.47. The van der Waals surface area contributed by atoms with E-state index in [1.165, 1.54) is 12.8 Å². The van der Waals surface area contributed by atoms with Gasteiger partial charge in [-0.2, -0.15) is 0 Å². The molecule has 0 radical (unpaired) electrons. The van der Waals surface area contributed by atoms with E-state index in [9.17, 15) is 4.79 Å². The van der Waals surface area contributed by atoms with E-state index in [4.69, 9.17) is 4.74 Å². The van der Waals surface area contributed by atoms with Gasteiger partial charge in [-0.25, -0.2) is 0 Å². The molecular formula is C12H19ClN2O2S. The molecule has 102 valence electrons. The number of rotatable bonds is 1. The maximum Gasteiger partial charge on any atom is 0.240 e. The van der Waals surface area contributed by atoms with Crippen molar-refractivity contribution in [3.63, 3.8) is 0 Å². The molecule has 4 nitrogen and oxygen atoms in total. The van der Waals surface area contributed by atoms with Gasteiger partial charge >= 0.3 is 0 Å². The lowest BCUT2D eigenvalue weighted by atomic mass is 9.82. The summed E-state index contributed by atoms with van der Waals surface area (Å²) in [5.74, 6) is 3.45. The maximum atomic E-state index is 12.3. The highest BCUT2D eigenvalue weighted by molar-refractivity contribution is 7.99. The number of hydrogen-bond donors (Lipinski definition) is 1. The Bertz CT molecular complexity index is 333. The second-order valence-electron chi connectivity index (χ2n) is 5.63.